The second-order valence-electron chi connectivity index (χ2n) is 5.24. The van der Waals surface area contributed by atoms with Crippen LogP contribution in [0.3, 0.4) is 0 Å². The monoisotopic (exact) mass is 346 g/mol. The van der Waals surface area contributed by atoms with Crippen LogP contribution in [-0.2, 0) is 6.54 Å². The van der Waals surface area contributed by atoms with Crippen molar-refractivity contribution in [1.29, 1.82) is 0 Å². The third-order valence-electron chi connectivity index (χ3n) is 3.28. The molecule has 0 saturated heterocycles. The standard InChI is InChI=1S/C15H27BrN2S/c1-4-5-6-8-18(13(2)3)9-7-17-11-15-10-14(16)12-19-15/h10,12-13,17H,4-9,11H2,1-3H3. The summed E-state index contributed by atoms with van der Waals surface area (Å²) >= 11 is 5.30. The minimum absolute atomic E-state index is 0.648. The molecule has 0 radical (unpaired) electrons. The molecule has 0 amide bonds. The topological polar surface area (TPSA) is 15.3 Å². The van der Waals surface area contributed by atoms with Crippen molar-refractivity contribution in [2.75, 3.05) is 19.6 Å². The molecular formula is C15H27BrN2S. The van der Waals surface area contributed by atoms with E-state index >= 15 is 0 Å². The molecule has 1 aromatic rings. The lowest BCUT2D eigenvalue weighted by Gasteiger charge is -2.26. The van der Waals surface area contributed by atoms with Crippen molar-refractivity contribution in [2.24, 2.45) is 0 Å². The number of unbranched alkanes of at least 4 members (excludes halogenated alkanes) is 2. The molecule has 0 saturated carbocycles. The third kappa shape index (κ3) is 7.45. The Morgan fingerprint density at radius 1 is 1.32 bits per heavy atom. The van der Waals surface area contributed by atoms with Crippen molar-refractivity contribution in [2.45, 2.75) is 52.6 Å². The third-order valence-corrected chi connectivity index (χ3v) is 4.97. The maximum Gasteiger partial charge on any atom is 0.0300 e. The summed E-state index contributed by atoms with van der Waals surface area (Å²) in [4.78, 5) is 3.97. The fourth-order valence-corrected chi connectivity index (χ4v) is 3.49. The van der Waals surface area contributed by atoms with Crippen LogP contribution in [0.1, 0.15) is 44.9 Å². The average Bonchev–Trinajstić information content (AvgIpc) is 2.78. The number of thiophene rings is 1. The predicted molar refractivity (Wildman–Crippen MR) is 90.0 cm³/mol. The number of rotatable bonds is 10. The van der Waals surface area contributed by atoms with Crippen LogP contribution in [0.2, 0.25) is 0 Å². The Balaban J connectivity index is 2.17. The Morgan fingerprint density at radius 3 is 2.68 bits per heavy atom. The first kappa shape index (κ1) is 17.2. The van der Waals surface area contributed by atoms with Crippen LogP contribution in [0.15, 0.2) is 15.9 Å². The SMILES string of the molecule is CCCCCN(CCNCc1cc(Br)cs1)C(C)C. The van der Waals surface area contributed by atoms with E-state index in [1.54, 1.807) is 0 Å². The van der Waals surface area contributed by atoms with Gasteiger partial charge in [0.2, 0.25) is 0 Å². The van der Waals surface area contributed by atoms with Crippen LogP contribution in [0.25, 0.3) is 0 Å². The lowest BCUT2D eigenvalue weighted by molar-refractivity contribution is 0.217. The Morgan fingerprint density at radius 2 is 2.11 bits per heavy atom. The molecule has 1 heterocycles. The summed E-state index contributed by atoms with van der Waals surface area (Å²) in [5.41, 5.74) is 0. The highest BCUT2D eigenvalue weighted by atomic mass is 79.9. The Kier molecular flexibility index (Phi) is 8.95. The molecule has 0 atom stereocenters. The average molecular weight is 347 g/mol. The largest absolute Gasteiger partial charge is 0.311 e. The number of nitrogens with one attached hydrogen (secondary N) is 1. The normalized spacial score (nSPS) is 11.7. The maximum atomic E-state index is 3.54. The summed E-state index contributed by atoms with van der Waals surface area (Å²) in [6.45, 7) is 11.3. The zero-order valence-electron chi connectivity index (χ0n) is 12.4. The summed E-state index contributed by atoms with van der Waals surface area (Å²) in [5, 5.41) is 5.68. The minimum atomic E-state index is 0.648. The molecule has 0 spiro atoms. The van der Waals surface area contributed by atoms with Gasteiger partial charge in [-0.05, 0) is 48.8 Å². The first-order valence-corrected chi connectivity index (χ1v) is 8.98. The molecule has 0 aromatic carbocycles. The van der Waals surface area contributed by atoms with Crippen molar-refractivity contribution >= 4 is 27.3 Å². The smallest absolute Gasteiger partial charge is 0.0300 e. The first-order chi connectivity index (χ1) is 9.13. The van der Waals surface area contributed by atoms with Crippen LogP contribution in [0, 0.1) is 0 Å². The highest BCUT2D eigenvalue weighted by Crippen LogP contribution is 2.19. The highest BCUT2D eigenvalue weighted by molar-refractivity contribution is 9.10. The number of nitrogens with zero attached hydrogens (tertiary/aromatic N) is 1. The van der Waals surface area contributed by atoms with Gasteiger partial charge in [0.25, 0.3) is 0 Å². The summed E-state index contributed by atoms with van der Waals surface area (Å²) in [5.74, 6) is 0. The van der Waals surface area contributed by atoms with Gasteiger partial charge in [-0.3, -0.25) is 4.90 Å². The molecule has 110 valence electrons. The molecule has 0 aliphatic carbocycles. The van der Waals surface area contributed by atoms with Crippen molar-refractivity contribution < 1.29 is 0 Å². The highest BCUT2D eigenvalue weighted by Gasteiger charge is 2.08. The van der Waals surface area contributed by atoms with Gasteiger partial charge in [0.05, 0.1) is 0 Å². The van der Waals surface area contributed by atoms with E-state index in [4.69, 9.17) is 0 Å². The second kappa shape index (κ2) is 9.92. The Bertz CT molecular complexity index is 339. The maximum absolute atomic E-state index is 3.54. The fourth-order valence-electron chi connectivity index (χ4n) is 2.07. The van der Waals surface area contributed by atoms with Gasteiger partial charge in [-0.25, -0.2) is 0 Å². The van der Waals surface area contributed by atoms with Crippen LogP contribution in [-0.4, -0.2) is 30.6 Å². The summed E-state index contributed by atoms with van der Waals surface area (Å²) in [6, 6.07) is 2.84. The number of hydrogen-bond donors (Lipinski definition) is 1. The zero-order chi connectivity index (χ0) is 14.1. The number of hydrogen-bond acceptors (Lipinski definition) is 3. The molecule has 2 nitrogen and oxygen atoms in total. The van der Waals surface area contributed by atoms with E-state index in [0.29, 0.717) is 6.04 Å². The molecular weight excluding hydrogens is 320 g/mol. The molecule has 0 bridgehead atoms. The molecule has 1 N–H and O–H groups in total. The van der Waals surface area contributed by atoms with Gasteiger partial charge in [0.1, 0.15) is 0 Å². The van der Waals surface area contributed by atoms with Gasteiger partial charge < -0.3 is 5.32 Å². The van der Waals surface area contributed by atoms with Gasteiger partial charge in [0.15, 0.2) is 0 Å². The predicted octanol–water partition coefficient (Wildman–Crippen LogP) is 4.50. The zero-order valence-corrected chi connectivity index (χ0v) is 14.8. The molecule has 4 heteroatoms. The van der Waals surface area contributed by atoms with E-state index in [1.807, 2.05) is 11.3 Å². The van der Waals surface area contributed by atoms with Gasteiger partial charge >= 0.3 is 0 Å². The molecule has 0 aliphatic heterocycles. The lowest BCUT2D eigenvalue weighted by Crippen LogP contribution is -2.37. The summed E-state index contributed by atoms with van der Waals surface area (Å²) < 4.78 is 1.19. The van der Waals surface area contributed by atoms with E-state index in [0.717, 1.165) is 19.6 Å². The quantitative estimate of drug-likeness (QED) is 0.627. The number of halogens is 1. The fraction of sp³-hybridized carbons (Fsp3) is 0.733. The van der Waals surface area contributed by atoms with E-state index in [9.17, 15) is 0 Å². The van der Waals surface area contributed by atoms with Gasteiger partial charge in [-0.1, -0.05) is 19.8 Å². The van der Waals surface area contributed by atoms with E-state index in [2.05, 4.69) is 58.4 Å². The Labute approximate surface area is 130 Å². The Hall–Kier alpha value is 0.1000. The molecule has 0 aliphatic rings. The van der Waals surface area contributed by atoms with Gasteiger partial charge in [0, 0.05) is 40.4 Å². The molecule has 0 unspecified atom stereocenters. The van der Waals surface area contributed by atoms with Crippen LogP contribution < -0.4 is 5.32 Å². The molecule has 19 heavy (non-hydrogen) atoms. The molecule has 1 aromatic heterocycles. The molecule has 1 rings (SSSR count). The van der Waals surface area contributed by atoms with Gasteiger partial charge in [-0.15, -0.1) is 11.3 Å². The van der Waals surface area contributed by atoms with Crippen molar-refractivity contribution in [3.05, 3.63) is 20.8 Å². The van der Waals surface area contributed by atoms with Crippen molar-refractivity contribution in [3.63, 3.8) is 0 Å². The van der Waals surface area contributed by atoms with Crippen LogP contribution in [0.4, 0.5) is 0 Å². The van der Waals surface area contributed by atoms with E-state index in [-0.39, 0.29) is 0 Å². The van der Waals surface area contributed by atoms with Crippen LogP contribution in [0.5, 0.6) is 0 Å². The van der Waals surface area contributed by atoms with E-state index in [1.165, 1.54) is 35.2 Å². The minimum Gasteiger partial charge on any atom is -0.311 e. The first-order valence-electron chi connectivity index (χ1n) is 7.31. The van der Waals surface area contributed by atoms with Crippen LogP contribution >= 0.6 is 27.3 Å². The second-order valence-corrected chi connectivity index (χ2v) is 7.16. The van der Waals surface area contributed by atoms with E-state index < -0.39 is 0 Å². The van der Waals surface area contributed by atoms with Crippen molar-refractivity contribution in [3.8, 4) is 0 Å². The summed E-state index contributed by atoms with van der Waals surface area (Å²) in [7, 11) is 0. The molecule has 0 fully saturated rings. The van der Waals surface area contributed by atoms with Gasteiger partial charge in [-0.2, -0.15) is 0 Å². The lowest BCUT2D eigenvalue weighted by atomic mass is 10.2. The summed E-state index contributed by atoms with van der Waals surface area (Å²) in [6.07, 6.45) is 3.98. The van der Waals surface area contributed by atoms with Crippen molar-refractivity contribution in [1.82, 2.24) is 10.2 Å².